The second kappa shape index (κ2) is 10.5. The Morgan fingerprint density at radius 2 is 1.79 bits per heavy atom. The molecule has 0 unspecified atom stereocenters. The molecule has 0 saturated heterocycles. The number of likely N-dealkylation sites (N-methyl/N-ethyl adjacent to an activating group) is 1. The number of amides is 2. The standard InChI is InChI=1S/C23H25N3O5S2/c1-4-26(15-21(27)24-18-6-5-7-19(14-18)31-3)23(28)22-20(12-13-32-22)33(29,30)25-17-10-8-16(2)9-11-17/h5-14,25H,4,15H2,1-3H3,(H,24,27). The van der Waals surface area contributed by atoms with Crippen molar-refractivity contribution in [1.82, 2.24) is 4.90 Å². The molecule has 0 aliphatic rings. The van der Waals surface area contributed by atoms with Gasteiger partial charge in [0.25, 0.3) is 15.9 Å². The zero-order chi connectivity index (χ0) is 24.0. The smallest absolute Gasteiger partial charge is 0.265 e. The van der Waals surface area contributed by atoms with Crippen molar-refractivity contribution in [3.63, 3.8) is 0 Å². The van der Waals surface area contributed by atoms with Crippen LogP contribution in [0.5, 0.6) is 5.75 Å². The molecule has 1 aromatic heterocycles. The third-order valence-corrected chi connectivity index (χ3v) is 7.23. The summed E-state index contributed by atoms with van der Waals surface area (Å²) in [6.07, 6.45) is 0. The number of carbonyl (C=O) groups excluding carboxylic acids is 2. The summed E-state index contributed by atoms with van der Waals surface area (Å²) in [5, 5.41) is 4.27. The third-order valence-electron chi connectivity index (χ3n) is 4.77. The maximum atomic E-state index is 13.1. The Kier molecular flexibility index (Phi) is 7.72. The fourth-order valence-electron chi connectivity index (χ4n) is 3.04. The predicted molar refractivity (Wildman–Crippen MR) is 130 cm³/mol. The fraction of sp³-hybridized carbons (Fsp3) is 0.217. The van der Waals surface area contributed by atoms with Crippen LogP contribution in [-0.2, 0) is 14.8 Å². The molecular formula is C23H25N3O5S2. The first kappa shape index (κ1) is 24.3. The minimum absolute atomic E-state index is 0.0469. The van der Waals surface area contributed by atoms with Gasteiger partial charge < -0.3 is 15.0 Å². The molecule has 2 amide bonds. The molecule has 0 aliphatic carbocycles. The molecule has 33 heavy (non-hydrogen) atoms. The van der Waals surface area contributed by atoms with Gasteiger partial charge in [0.2, 0.25) is 5.91 Å². The molecule has 2 N–H and O–H groups in total. The number of aryl methyl sites for hydroxylation is 1. The number of hydrogen-bond acceptors (Lipinski definition) is 6. The van der Waals surface area contributed by atoms with E-state index in [1.54, 1.807) is 60.8 Å². The lowest BCUT2D eigenvalue weighted by molar-refractivity contribution is -0.116. The van der Waals surface area contributed by atoms with Crippen molar-refractivity contribution in [2.45, 2.75) is 18.7 Å². The van der Waals surface area contributed by atoms with Crippen molar-refractivity contribution < 1.29 is 22.7 Å². The summed E-state index contributed by atoms with van der Waals surface area (Å²) in [5.74, 6) is -0.347. The van der Waals surface area contributed by atoms with E-state index in [4.69, 9.17) is 4.74 Å². The van der Waals surface area contributed by atoms with Crippen molar-refractivity contribution in [3.05, 3.63) is 70.4 Å². The van der Waals surface area contributed by atoms with Gasteiger partial charge in [-0.15, -0.1) is 11.3 Å². The molecule has 0 saturated carbocycles. The predicted octanol–water partition coefficient (Wildman–Crippen LogP) is 3.97. The van der Waals surface area contributed by atoms with E-state index in [1.165, 1.54) is 18.1 Å². The molecule has 0 spiro atoms. The van der Waals surface area contributed by atoms with E-state index in [0.717, 1.165) is 16.9 Å². The highest BCUT2D eigenvalue weighted by Crippen LogP contribution is 2.26. The topological polar surface area (TPSA) is 105 Å². The van der Waals surface area contributed by atoms with E-state index in [1.807, 2.05) is 6.92 Å². The van der Waals surface area contributed by atoms with E-state index >= 15 is 0 Å². The van der Waals surface area contributed by atoms with Gasteiger partial charge in [0.05, 0.1) is 7.11 Å². The van der Waals surface area contributed by atoms with Gasteiger partial charge in [-0.3, -0.25) is 14.3 Å². The Morgan fingerprint density at radius 3 is 2.45 bits per heavy atom. The van der Waals surface area contributed by atoms with Crippen LogP contribution in [0.1, 0.15) is 22.2 Å². The SMILES string of the molecule is CCN(CC(=O)Nc1cccc(OC)c1)C(=O)c1sccc1S(=O)(=O)Nc1ccc(C)cc1. The summed E-state index contributed by atoms with van der Waals surface area (Å²) in [7, 11) is -2.46. The number of rotatable bonds is 9. The third kappa shape index (κ3) is 6.11. The Morgan fingerprint density at radius 1 is 1.06 bits per heavy atom. The number of thiophene rings is 1. The Balaban J connectivity index is 1.74. The maximum Gasteiger partial charge on any atom is 0.265 e. The normalized spacial score (nSPS) is 11.0. The number of nitrogens with one attached hydrogen (secondary N) is 2. The number of carbonyl (C=O) groups is 2. The first-order valence-electron chi connectivity index (χ1n) is 10.1. The van der Waals surface area contributed by atoms with E-state index in [0.29, 0.717) is 17.1 Å². The monoisotopic (exact) mass is 487 g/mol. The Bertz CT molecular complexity index is 1240. The molecular weight excluding hydrogens is 462 g/mol. The summed E-state index contributed by atoms with van der Waals surface area (Å²) in [4.78, 5) is 26.9. The van der Waals surface area contributed by atoms with Crippen LogP contribution in [-0.4, -0.2) is 45.3 Å². The lowest BCUT2D eigenvalue weighted by Gasteiger charge is -2.20. The van der Waals surface area contributed by atoms with Crippen LogP contribution < -0.4 is 14.8 Å². The second-order valence-electron chi connectivity index (χ2n) is 7.18. The minimum atomic E-state index is -3.99. The van der Waals surface area contributed by atoms with Crippen LogP contribution in [0, 0.1) is 6.92 Å². The lowest BCUT2D eigenvalue weighted by atomic mass is 10.2. The van der Waals surface area contributed by atoms with Crippen molar-refractivity contribution in [3.8, 4) is 5.75 Å². The first-order valence-corrected chi connectivity index (χ1v) is 12.5. The van der Waals surface area contributed by atoms with Crippen LogP contribution in [0.4, 0.5) is 11.4 Å². The molecule has 3 aromatic rings. The molecule has 0 atom stereocenters. The number of sulfonamides is 1. The zero-order valence-corrected chi connectivity index (χ0v) is 20.1. The number of ether oxygens (including phenoxy) is 1. The number of benzene rings is 2. The van der Waals surface area contributed by atoms with Gasteiger partial charge >= 0.3 is 0 Å². The number of nitrogens with zero attached hydrogens (tertiary/aromatic N) is 1. The van der Waals surface area contributed by atoms with Gasteiger partial charge in [-0.25, -0.2) is 8.42 Å². The summed E-state index contributed by atoms with van der Waals surface area (Å²) in [5.41, 5.74) is 1.93. The minimum Gasteiger partial charge on any atom is -0.497 e. The van der Waals surface area contributed by atoms with Crippen molar-refractivity contribution in [1.29, 1.82) is 0 Å². The van der Waals surface area contributed by atoms with Gasteiger partial charge in [-0.2, -0.15) is 0 Å². The molecule has 3 rings (SSSR count). The molecule has 0 fully saturated rings. The van der Waals surface area contributed by atoms with Crippen molar-refractivity contribution in [2.24, 2.45) is 0 Å². The van der Waals surface area contributed by atoms with Crippen molar-refractivity contribution in [2.75, 3.05) is 30.2 Å². The quantitative estimate of drug-likeness (QED) is 0.475. The number of methoxy groups -OCH3 is 1. The van der Waals surface area contributed by atoms with Crippen LogP contribution in [0.15, 0.2) is 64.9 Å². The first-order chi connectivity index (χ1) is 15.7. The second-order valence-corrected chi connectivity index (χ2v) is 9.75. The van der Waals surface area contributed by atoms with Crippen LogP contribution in [0.2, 0.25) is 0 Å². The summed E-state index contributed by atoms with van der Waals surface area (Å²) in [6, 6.07) is 15.1. The molecule has 8 nitrogen and oxygen atoms in total. The van der Waals surface area contributed by atoms with Crippen LogP contribution >= 0.6 is 11.3 Å². The largest absolute Gasteiger partial charge is 0.497 e. The van der Waals surface area contributed by atoms with E-state index in [-0.39, 0.29) is 22.9 Å². The average Bonchev–Trinajstić information content (AvgIpc) is 3.30. The van der Waals surface area contributed by atoms with Gasteiger partial charge in [0.1, 0.15) is 22.1 Å². The van der Waals surface area contributed by atoms with Gasteiger partial charge in [-0.05, 0) is 49.6 Å². The molecule has 10 heteroatoms. The van der Waals surface area contributed by atoms with Crippen LogP contribution in [0.3, 0.4) is 0 Å². The zero-order valence-electron chi connectivity index (χ0n) is 18.5. The molecule has 2 aromatic carbocycles. The Hall–Kier alpha value is -3.37. The lowest BCUT2D eigenvalue weighted by Crippen LogP contribution is -2.38. The molecule has 0 radical (unpaired) electrons. The van der Waals surface area contributed by atoms with Crippen molar-refractivity contribution >= 4 is 44.5 Å². The Labute approximate surface area is 197 Å². The van der Waals surface area contributed by atoms with E-state index < -0.39 is 21.8 Å². The highest BCUT2D eigenvalue weighted by molar-refractivity contribution is 7.93. The molecule has 0 aliphatic heterocycles. The molecule has 0 bridgehead atoms. The van der Waals surface area contributed by atoms with E-state index in [9.17, 15) is 18.0 Å². The summed E-state index contributed by atoms with van der Waals surface area (Å²) < 4.78 is 33.5. The maximum absolute atomic E-state index is 13.1. The highest BCUT2D eigenvalue weighted by Gasteiger charge is 2.28. The summed E-state index contributed by atoms with van der Waals surface area (Å²) in [6.45, 7) is 3.63. The average molecular weight is 488 g/mol. The molecule has 1 heterocycles. The van der Waals surface area contributed by atoms with E-state index in [2.05, 4.69) is 10.0 Å². The highest BCUT2D eigenvalue weighted by atomic mass is 32.2. The molecule has 174 valence electrons. The van der Waals surface area contributed by atoms with Crippen LogP contribution in [0.25, 0.3) is 0 Å². The number of anilines is 2. The summed E-state index contributed by atoms with van der Waals surface area (Å²) >= 11 is 1.02. The van der Waals surface area contributed by atoms with Gasteiger partial charge in [-0.1, -0.05) is 23.8 Å². The van der Waals surface area contributed by atoms with Gasteiger partial charge in [0, 0.05) is 24.0 Å². The number of hydrogen-bond donors (Lipinski definition) is 2. The van der Waals surface area contributed by atoms with Gasteiger partial charge in [0.15, 0.2) is 0 Å². The fourth-order valence-corrected chi connectivity index (χ4v) is 5.49.